The molecule has 1 aromatic heterocycles. The Balaban J connectivity index is 2.64. The van der Waals surface area contributed by atoms with Crippen LogP contribution in [0.3, 0.4) is 0 Å². The van der Waals surface area contributed by atoms with Crippen LogP contribution in [0.15, 0.2) is 23.1 Å². The number of hydrogen-bond acceptors (Lipinski definition) is 2. The summed E-state index contributed by atoms with van der Waals surface area (Å²) in [5, 5.41) is 0.700. The van der Waals surface area contributed by atoms with E-state index in [1.54, 1.807) is 13.4 Å². The number of nitrogens with one attached hydrogen (secondary N) is 1. The molecule has 0 atom stereocenters. The van der Waals surface area contributed by atoms with Gasteiger partial charge in [-0.2, -0.15) is 0 Å². The van der Waals surface area contributed by atoms with Crippen molar-refractivity contribution < 1.29 is 4.74 Å². The second kappa shape index (κ2) is 4.47. The molecule has 1 heterocycles. The van der Waals surface area contributed by atoms with E-state index in [2.05, 4.69) is 25.9 Å². The van der Waals surface area contributed by atoms with Crippen molar-refractivity contribution in [2.24, 2.45) is 0 Å². The Morgan fingerprint density at radius 2 is 2.19 bits per heavy atom. The first-order valence-corrected chi connectivity index (χ1v) is 5.84. The number of aryl methyl sites for hydroxylation is 1. The molecule has 2 aromatic rings. The van der Waals surface area contributed by atoms with Crippen molar-refractivity contribution in [2.45, 2.75) is 6.92 Å². The number of aromatic amines is 1. The van der Waals surface area contributed by atoms with Crippen LogP contribution in [0.4, 0.5) is 0 Å². The minimum atomic E-state index is 0.700. The average Bonchev–Trinajstić information content (AvgIpc) is 2.68. The Labute approximate surface area is 107 Å². The van der Waals surface area contributed by atoms with Gasteiger partial charge in [-0.1, -0.05) is 11.6 Å². The summed E-state index contributed by atoms with van der Waals surface area (Å²) in [5.41, 5.74) is 2.64. The predicted molar refractivity (Wildman–Crippen MR) is 68.0 cm³/mol. The predicted octanol–water partition coefficient (Wildman–Crippen LogP) is 3.81. The van der Waals surface area contributed by atoms with E-state index in [1.165, 1.54) is 0 Å². The Kier molecular flexibility index (Phi) is 3.21. The lowest BCUT2D eigenvalue weighted by Gasteiger charge is -2.09. The van der Waals surface area contributed by atoms with Crippen LogP contribution in [-0.2, 0) is 0 Å². The molecule has 84 valence electrons. The molecule has 0 unspecified atom stereocenters. The fourth-order valence-electron chi connectivity index (χ4n) is 1.48. The van der Waals surface area contributed by atoms with Crippen molar-refractivity contribution >= 4 is 27.5 Å². The van der Waals surface area contributed by atoms with Gasteiger partial charge in [0, 0.05) is 10.6 Å². The lowest BCUT2D eigenvalue weighted by atomic mass is 10.1. The van der Waals surface area contributed by atoms with E-state index in [0.717, 1.165) is 27.2 Å². The van der Waals surface area contributed by atoms with Crippen LogP contribution in [0.2, 0.25) is 5.02 Å². The smallest absolute Gasteiger partial charge is 0.128 e. The van der Waals surface area contributed by atoms with E-state index in [-0.39, 0.29) is 0 Å². The van der Waals surface area contributed by atoms with Crippen molar-refractivity contribution in [3.8, 4) is 17.0 Å². The number of rotatable bonds is 2. The number of aromatic nitrogens is 2. The highest BCUT2D eigenvalue weighted by Gasteiger charge is 2.13. The van der Waals surface area contributed by atoms with Gasteiger partial charge in [0.1, 0.15) is 16.0 Å². The highest BCUT2D eigenvalue weighted by Crippen LogP contribution is 2.36. The number of benzene rings is 1. The normalized spacial score (nSPS) is 10.5. The second-order valence-electron chi connectivity index (χ2n) is 3.37. The van der Waals surface area contributed by atoms with E-state index >= 15 is 0 Å². The van der Waals surface area contributed by atoms with Crippen molar-refractivity contribution in [3.05, 3.63) is 33.6 Å². The summed E-state index contributed by atoms with van der Waals surface area (Å²) in [5.74, 6) is 0.759. The maximum atomic E-state index is 6.10. The zero-order chi connectivity index (χ0) is 11.7. The zero-order valence-electron chi connectivity index (χ0n) is 8.84. The Morgan fingerprint density at radius 3 is 2.75 bits per heavy atom. The molecular formula is C11H10BrClN2O. The minimum absolute atomic E-state index is 0.700. The third-order valence-electron chi connectivity index (χ3n) is 2.33. The van der Waals surface area contributed by atoms with E-state index in [1.807, 2.05) is 19.1 Å². The first kappa shape index (κ1) is 11.5. The van der Waals surface area contributed by atoms with Gasteiger partial charge in [0.25, 0.3) is 0 Å². The molecule has 5 heteroatoms. The fourth-order valence-corrected chi connectivity index (χ4v) is 2.06. The summed E-state index contributed by atoms with van der Waals surface area (Å²) in [4.78, 5) is 7.18. The van der Waals surface area contributed by atoms with Crippen LogP contribution in [0, 0.1) is 6.92 Å². The zero-order valence-corrected chi connectivity index (χ0v) is 11.2. The van der Waals surface area contributed by atoms with E-state index in [4.69, 9.17) is 16.3 Å². The van der Waals surface area contributed by atoms with Gasteiger partial charge in [0.05, 0.1) is 13.4 Å². The minimum Gasteiger partial charge on any atom is -0.496 e. The Hall–Kier alpha value is -1.00. The molecule has 3 nitrogen and oxygen atoms in total. The van der Waals surface area contributed by atoms with E-state index in [9.17, 15) is 0 Å². The monoisotopic (exact) mass is 300 g/mol. The van der Waals surface area contributed by atoms with Crippen LogP contribution >= 0.6 is 27.5 Å². The van der Waals surface area contributed by atoms with E-state index < -0.39 is 0 Å². The molecule has 1 N–H and O–H groups in total. The van der Waals surface area contributed by atoms with Crippen LogP contribution in [-0.4, -0.2) is 17.1 Å². The van der Waals surface area contributed by atoms with Gasteiger partial charge >= 0.3 is 0 Å². The quantitative estimate of drug-likeness (QED) is 0.916. The summed E-state index contributed by atoms with van der Waals surface area (Å²) in [6.45, 7) is 1.94. The van der Waals surface area contributed by atoms with Crippen molar-refractivity contribution in [1.82, 2.24) is 9.97 Å². The molecule has 2 rings (SSSR count). The van der Waals surface area contributed by atoms with Crippen LogP contribution in [0.5, 0.6) is 5.75 Å². The standard InChI is InChI=1S/C11H10BrClN2O/c1-6-3-9(16-2)7(4-8(6)13)10-11(12)15-5-14-10/h3-5H,1-2H3,(H,14,15). The van der Waals surface area contributed by atoms with Crippen LogP contribution in [0.1, 0.15) is 5.56 Å². The summed E-state index contributed by atoms with van der Waals surface area (Å²) in [7, 11) is 1.63. The molecule has 0 aliphatic rings. The lowest BCUT2D eigenvalue weighted by molar-refractivity contribution is 0.416. The molecule has 1 aromatic carbocycles. The molecule has 0 bridgehead atoms. The number of methoxy groups -OCH3 is 1. The number of halogens is 2. The summed E-state index contributed by atoms with van der Waals surface area (Å²) < 4.78 is 6.14. The highest BCUT2D eigenvalue weighted by molar-refractivity contribution is 9.10. The van der Waals surface area contributed by atoms with Crippen LogP contribution in [0.25, 0.3) is 11.3 Å². The number of nitrogens with zero attached hydrogens (tertiary/aromatic N) is 1. The molecule has 0 aliphatic carbocycles. The number of imidazole rings is 1. The van der Waals surface area contributed by atoms with Crippen molar-refractivity contribution in [1.29, 1.82) is 0 Å². The third-order valence-corrected chi connectivity index (χ3v) is 3.34. The summed E-state index contributed by atoms with van der Waals surface area (Å²) >= 11 is 9.50. The van der Waals surface area contributed by atoms with Crippen molar-refractivity contribution in [2.75, 3.05) is 7.11 Å². The highest BCUT2D eigenvalue weighted by atomic mass is 79.9. The summed E-state index contributed by atoms with van der Waals surface area (Å²) in [6.07, 6.45) is 1.62. The SMILES string of the molecule is COc1cc(C)c(Cl)cc1-c1nc[nH]c1Br. The fraction of sp³-hybridized carbons (Fsp3) is 0.182. The van der Waals surface area contributed by atoms with Gasteiger partial charge in [-0.25, -0.2) is 4.98 Å². The van der Waals surface area contributed by atoms with Gasteiger partial charge in [-0.15, -0.1) is 0 Å². The van der Waals surface area contributed by atoms with Gasteiger partial charge < -0.3 is 9.72 Å². The molecule has 0 amide bonds. The van der Waals surface area contributed by atoms with Gasteiger partial charge in [-0.05, 0) is 40.5 Å². The first-order valence-electron chi connectivity index (χ1n) is 4.67. The second-order valence-corrected chi connectivity index (χ2v) is 4.57. The van der Waals surface area contributed by atoms with Crippen molar-refractivity contribution in [3.63, 3.8) is 0 Å². The number of ether oxygens (including phenoxy) is 1. The van der Waals surface area contributed by atoms with Gasteiger partial charge in [0.2, 0.25) is 0 Å². The topological polar surface area (TPSA) is 37.9 Å². The molecule has 0 saturated heterocycles. The average molecular weight is 302 g/mol. The maximum Gasteiger partial charge on any atom is 0.128 e. The molecule has 0 saturated carbocycles. The molecule has 16 heavy (non-hydrogen) atoms. The first-order chi connectivity index (χ1) is 7.63. The maximum absolute atomic E-state index is 6.10. The Bertz CT molecular complexity index is 525. The molecule has 0 spiro atoms. The third kappa shape index (κ3) is 1.95. The number of H-pyrrole nitrogens is 1. The molecule has 0 aliphatic heterocycles. The van der Waals surface area contributed by atoms with Gasteiger partial charge in [-0.3, -0.25) is 0 Å². The molecule has 0 fully saturated rings. The molecule has 0 radical (unpaired) electrons. The Morgan fingerprint density at radius 1 is 1.44 bits per heavy atom. The lowest BCUT2D eigenvalue weighted by Crippen LogP contribution is -1.90. The van der Waals surface area contributed by atoms with Gasteiger partial charge in [0.15, 0.2) is 0 Å². The van der Waals surface area contributed by atoms with Crippen LogP contribution < -0.4 is 4.74 Å². The summed E-state index contributed by atoms with van der Waals surface area (Å²) in [6, 6.07) is 3.76. The van der Waals surface area contributed by atoms with E-state index in [0.29, 0.717) is 5.02 Å². The largest absolute Gasteiger partial charge is 0.496 e. The molecular weight excluding hydrogens is 291 g/mol. The number of hydrogen-bond donors (Lipinski definition) is 1.